The van der Waals surface area contributed by atoms with Gasteiger partial charge in [0.25, 0.3) is 0 Å². The fourth-order valence-corrected chi connectivity index (χ4v) is 1.87. The number of nitrogens with one attached hydrogen (secondary N) is 2. The van der Waals surface area contributed by atoms with E-state index in [4.69, 9.17) is 0 Å². The maximum Gasteiger partial charge on any atom is 0.223 e. The van der Waals surface area contributed by atoms with Gasteiger partial charge in [-0.25, -0.2) is 0 Å². The lowest BCUT2D eigenvalue weighted by molar-refractivity contribution is -0.126. The summed E-state index contributed by atoms with van der Waals surface area (Å²) in [5, 5.41) is 6.41. The predicted octanol–water partition coefficient (Wildman–Crippen LogP) is 1.54. The average Bonchev–Trinajstić information content (AvgIpc) is 2.13. The van der Waals surface area contributed by atoms with Crippen LogP contribution >= 0.6 is 0 Å². The molecule has 1 saturated heterocycles. The van der Waals surface area contributed by atoms with Crippen LogP contribution < -0.4 is 10.6 Å². The molecule has 2 N–H and O–H groups in total. The third-order valence-corrected chi connectivity index (χ3v) is 2.79. The van der Waals surface area contributed by atoms with Crippen LogP contribution in [0, 0.1) is 11.3 Å². The van der Waals surface area contributed by atoms with E-state index in [9.17, 15) is 4.79 Å². The average molecular weight is 212 g/mol. The van der Waals surface area contributed by atoms with Gasteiger partial charge in [0.1, 0.15) is 0 Å². The minimum atomic E-state index is 0.175. The number of carbonyl (C=O) groups excluding carboxylic acids is 1. The zero-order valence-corrected chi connectivity index (χ0v) is 10.4. The molecule has 0 spiro atoms. The minimum Gasteiger partial charge on any atom is -0.355 e. The van der Waals surface area contributed by atoms with E-state index in [0.29, 0.717) is 6.04 Å². The molecule has 0 aromatic heterocycles. The molecule has 0 aromatic carbocycles. The topological polar surface area (TPSA) is 41.1 Å². The highest BCUT2D eigenvalue weighted by atomic mass is 16.1. The van der Waals surface area contributed by atoms with Gasteiger partial charge in [-0.2, -0.15) is 0 Å². The van der Waals surface area contributed by atoms with E-state index < -0.39 is 0 Å². The summed E-state index contributed by atoms with van der Waals surface area (Å²) < 4.78 is 0. The Morgan fingerprint density at radius 3 is 2.67 bits per heavy atom. The van der Waals surface area contributed by atoms with E-state index in [1.165, 1.54) is 0 Å². The number of amides is 1. The lowest BCUT2D eigenvalue weighted by Gasteiger charge is -2.28. The molecule has 1 aliphatic rings. The van der Waals surface area contributed by atoms with Gasteiger partial charge in [0, 0.05) is 18.5 Å². The number of piperidine rings is 1. The van der Waals surface area contributed by atoms with Crippen molar-refractivity contribution in [2.45, 2.75) is 46.6 Å². The van der Waals surface area contributed by atoms with Crippen LogP contribution in [0.3, 0.4) is 0 Å². The molecule has 0 unspecified atom stereocenters. The van der Waals surface area contributed by atoms with E-state index in [1.807, 2.05) is 0 Å². The second kappa shape index (κ2) is 4.97. The van der Waals surface area contributed by atoms with Crippen LogP contribution in [0.2, 0.25) is 0 Å². The van der Waals surface area contributed by atoms with Gasteiger partial charge in [-0.1, -0.05) is 20.8 Å². The van der Waals surface area contributed by atoms with Crippen molar-refractivity contribution in [3.8, 4) is 0 Å². The quantitative estimate of drug-likeness (QED) is 0.729. The van der Waals surface area contributed by atoms with Crippen molar-refractivity contribution in [1.29, 1.82) is 0 Å². The molecule has 1 amide bonds. The molecule has 2 atom stereocenters. The Bertz CT molecular complexity index is 220. The molecule has 3 nitrogen and oxygen atoms in total. The van der Waals surface area contributed by atoms with Gasteiger partial charge in [0.2, 0.25) is 5.91 Å². The molecule has 1 fully saturated rings. The van der Waals surface area contributed by atoms with Crippen molar-refractivity contribution < 1.29 is 4.79 Å². The Hall–Kier alpha value is -0.570. The molecule has 3 heteroatoms. The molecule has 15 heavy (non-hydrogen) atoms. The number of hydrogen-bond acceptors (Lipinski definition) is 2. The molecule has 0 bridgehead atoms. The molecular weight excluding hydrogens is 188 g/mol. The van der Waals surface area contributed by atoms with Crippen molar-refractivity contribution in [2.75, 3.05) is 13.1 Å². The Morgan fingerprint density at radius 2 is 2.13 bits per heavy atom. The van der Waals surface area contributed by atoms with Gasteiger partial charge >= 0.3 is 0 Å². The molecule has 0 aromatic rings. The smallest absolute Gasteiger partial charge is 0.223 e. The second-order valence-electron chi connectivity index (χ2n) is 5.85. The molecule has 0 radical (unpaired) electrons. The number of carbonyl (C=O) groups is 1. The largest absolute Gasteiger partial charge is 0.355 e. The van der Waals surface area contributed by atoms with Crippen LogP contribution in [-0.4, -0.2) is 25.0 Å². The maximum absolute atomic E-state index is 11.9. The Kier molecular flexibility index (Phi) is 4.14. The van der Waals surface area contributed by atoms with Gasteiger partial charge in [0.15, 0.2) is 0 Å². The summed E-state index contributed by atoms with van der Waals surface area (Å²) in [5.74, 6) is 0.446. The Labute approximate surface area is 93.0 Å². The van der Waals surface area contributed by atoms with Crippen LogP contribution in [0.25, 0.3) is 0 Å². The van der Waals surface area contributed by atoms with Crippen molar-refractivity contribution >= 4 is 5.91 Å². The molecule has 1 heterocycles. The second-order valence-corrected chi connectivity index (χ2v) is 5.85. The zero-order chi connectivity index (χ0) is 11.5. The highest BCUT2D eigenvalue weighted by Crippen LogP contribution is 2.17. The lowest BCUT2D eigenvalue weighted by Crippen LogP contribution is -2.44. The lowest BCUT2D eigenvalue weighted by atomic mass is 9.91. The highest BCUT2D eigenvalue weighted by molar-refractivity contribution is 5.78. The summed E-state index contributed by atoms with van der Waals surface area (Å²) in [6, 6.07) is 0.476. The Morgan fingerprint density at radius 1 is 1.47 bits per heavy atom. The van der Waals surface area contributed by atoms with Gasteiger partial charge in [-0.05, 0) is 31.7 Å². The monoisotopic (exact) mass is 212 g/mol. The first-order valence-corrected chi connectivity index (χ1v) is 5.89. The van der Waals surface area contributed by atoms with E-state index in [1.54, 1.807) is 0 Å². The van der Waals surface area contributed by atoms with E-state index >= 15 is 0 Å². The number of rotatable bonds is 2. The maximum atomic E-state index is 11.9. The number of hydrogen-bond donors (Lipinski definition) is 2. The summed E-state index contributed by atoms with van der Waals surface area (Å²) in [6.45, 7) is 10.3. The van der Waals surface area contributed by atoms with Crippen LogP contribution in [0.4, 0.5) is 0 Å². The van der Waals surface area contributed by atoms with Gasteiger partial charge in [0.05, 0.1) is 0 Å². The molecular formula is C12H24N2O. The van der Waals surface area contributed by atoms with Crippen molar-refractivity contribution in [3.05, 3.63) is 0 Å². The summed E-state index contributed by atoms with van der Waals surface area (Å²) in [4.78, 5) is 11.9. The van der Waals surface area contributed by atoms with Crippen LogP contribution in [0.1, 0.15) is 40.5 Å². The first-order valence-electron chi connectivity index (χ1n) is 5.89. The zero-order valence-electron chi connectivity index (χ0n) is 10.4. The predicted molar refractivity (Wildman–Crippen MR) is 62.7 cm³/mol. The van der Waals surface area contributed by atoms with Gasteiger partial charge < -0.3 is 10.6 Å². The van der Waals surface area contributed by atoms with Crippen molar-refractivity contribution in [3.63, 3.8) is 0 Å². The van der Waals surface area contributed by atoms with E-state index in [-0.39, 0.29) is 17.2 Å². The summed E-state index contributed by atoms with van der Waals surface area (Å²) >= 11 is 0. The van der Waals surface area contributed by atoms with Gasteiger partial charge in [-0.15, -0.1) is 0 Å². The van der Waals surface area contributed by atoms with E-state index in [2.05, 4.69) is 38.3 Å². The summed E-state index contributed by atoms with van der Waals surface area (Å²) in [7, 11) is 0. The SMILES string of the molecule is C[C@H]1C[C@@H](C(=O)NCC(C)(C)C)CCN1. The summed E-state index contributed by atoms with van der Waals surface area (Å²) in [6.07, 6.45) is 1.94. The highest BCUT2D eigenvalue weighted by Gasteiger charge is 2.25. The fraction of sp³-hybridized carbons (Fsp3) is 0.917. The standard InChI is InChI=1S/C12H24N2O/c1-9-7-10(5-6-13-9)11(15)14-8-12(2,3)4/h9-10,13H,5-8H2,1-4H3,(H,14,15)/t9-,10-/m0/s1. The molecule has 0 aliphatic carbocycles. The first-order chi connectivity index (χ1) is 6.88. The fourth-order valence-electron chi connectivity index (χ4n) is 1.87. The molecule has 88 valence electrons. The molecule has 1 rings (SSSR count). The third kappa shape index (κ3) is 4.65. The molecule has 1 aliphatic heterocycles. The molecule has 0 saturated carbocycles. The Balaban J connectivity index is 2.33. The van der Waals surface area contributed by atoms with Gasteiger partial charge in [-0.3, -0.25) is 4.79 Å². The summed E-state index contributed by atoms with van der Waals surface area (Å²) in [5.41, 5.74) is 0.175. The van der Waals surface area contributed by atoms with Crippen molar-refractivity contribution in [1.82, 2.24) is 10.6 Å². The minimum absolute atomic E-state index is 0.175. The van der Waals surface area contributed by atoms with Crippen molar-refractivity contribution in [2.24, 2.45) is 11.3 Å². The first kappa shape index (κ1) is 12.5. The van der Waals surface area contributed by atoms with Crippen LogP contribution in [-0.2, 0) is 4.79 Å². The third-order valence-electron chi connectivity index (χ3n) is 2.79. The van der Waals surface area contributed by atoms with E-state index in [0.717, 1.165) is 25.9 Å². The van der Waals surface area contributed by atoms with Crippen LogP contribution in [0.15, 0.2) is 0 Å². The van der Waals surface area contributed by atoms with Crippen LogP contribution in [0.5, 0.6) is 0 Å². The normalized spacial score (nSPS) is 27.5.